The lowest BCUT2D eigenvalue weighted by Crippen LogP contribution is -2.12. The van der Waals surface area contributed by atoms with Gasteiger partial charge in [0.1, 0.15) is 11.6 Å². The van der Waals surface area contributed by atoms with Crippen molar-refractivity contribution in [3.63, 3.8) is 0 Å². The number of nitrogens with one attached hydrogen (secondary N) is 2. The molecule has 5 heteroatoms. The van der Waals surface area contributed by atoms with Crippen LogP contribution in [0.25, 0.3) is 0 Å². The zero-order valence-corrected chi connectivity index (χ0v) is 15.7. The first kappa shape index (κ1) is 18.5. The van der Waals surface area contributed by atoms with Crippen molar-refractivity contribution >= 4 is 23.1 Å². The summed E-state index contributed by atoms with van der Waals surface area (Å²) in [6.07, 6.45) is 2.51. The Kier molecular flexibility index (Phi) is 5.71. The molecule has 0 saturated carbocycles. The maximum Gasteiger partial charge on any atom is 0.257 e. The molecular weight excluding hydrogens is 338 g/mol. The second-order valence-corrected chi connectivity index (χ2v) is 6.21. The molecule has 0 atom stereocenters. The highest BCUT2D eigenvalue weighted by atomic mass is 16.5. The molecule has 0 radical (unpaired) electrons. The van der Waals surface area contributed by atoms with E-state index in [1.165, 1.54) is 5.56 Å². The van der Waals surface area contributed by atoms with Gasteiger partial charge in [-0.15, -0.1) is 0 Å². The van der Waals surface area contributed by atoms with Gasteiger partial charge in [-0.05, 0) is 48.7 Å². The Hall–Kier alpha value is -3.34. The lowest BCUT2D eigenvalue weighted by molar-refractivity contribution is 0.102. The Morgan fingerprint density at radius 3 is 2.63 bits per heavy atom. The van der Waals surface area contributed by atoms with Crippen LogP contribution in [-0.4, -0.2) is 18.0 Å². The molecule has 138 valence electrons. The molecule has 1 aromatic heterocycles. The molecule has 0 saturated heterocycles. The van der Waals surface area contributed by atoms with Crippen molar-refractivity contribution in [3.05, 3.63) is 77.5 Å². The second kappa shape index (κ2) is 8.36. The molecule has 0 bridgehead atoms. The standard InChI is InChI=1S/C22H23N3O2/c1-4-16-8-5-7-15(2)21(16)25-20-12-11-17(14-23-20)22(26)24-18-9-6-10-19(13-18)27-3/h5-14H,4H2,1-3H3,(H,23,25)(H,24,26). The van der Waals surface area contributed by atoms with Crippen LogP contribution >= 0.6 is 0 Å². The second-order valence-electron chi connectivity index (χ2n) is 6.21. The lowest BCUT2D eigenvalue weighted by Gasteiger charge is -2.13. The molecule has 5 nitrogen and oxygen atoms in total. The van der Waals surface area contributed by atoms with Gasteiger partial charge in [0.05, 0.1) is 12.7 Å². The van der Waals surface area contributed by atoms with Gasteiger partial charge in [-0.1, -0.05) is 31.2 Å². The Morgan fingerprint density at radius 2 is 1.93 bits per heavy atom. The van der Waals surface area contributed by atoms with Crippen molar-refractivity contribution in [2.75, 3.05) is 17.7 Å². The summed E-state index contributed by atoms with van der Waals surface area (Å²) in [7, 11) is 1.59. The average molecular weight is 361 g/mol. The Labute approximate surface area is 159 Å². The largest absolute Gasteiger partial charge is 0.497 e. The van der Waals surface area contributed by atoms with E-state index in [0.29, 0.717) is 22.8 Å². The van der Waals surface area contributed by atoms with Gasteiger partial charge in [0.2, 0.25) is 0 Å². The maximum absolute atomic E-state index is 12.4. The van der Waals surface area contributed by atoms with E-state index < -0.39 is 0 Å². The van der Waals surface area contributed by atoms with E-state index >= 15 is 0 Å². The van der Waals surface area contributed by atoms with Crippen LogP contribution in [0.4, 0.5) is 17.2 Å². The van der Waals surface area contributed by atoms with Crippen molar-refractivity contribution in [3.8, 4) is 5.75 Å². The fourth-order valence-electron chi connectivity index (χ4n) is 2.84. The van der Waals surface area contributed by atoms with E-state index in [-0.39, 0.29) is 5.91 Å². The third-order valence-corrected chi connectivity index (χ3v) is 4.35. The average Bonchev–Trinajstić information content (AvgIpc) is 2.70. The molecule has 2 N–H and O–H groups in total. The van der Waals surface area contributed by atoms with E-state index in [9.17, 15) is 4.79 Å². The number of para-hydroxylation sites is 1. The molecule has 0 unspecified atom stereocenters. The first-order valence-electron chi connectivity index (χ1n) is 8.87. The van der Waals surface area contributed by atoms with Crippen molar-refractivity contribution < 1.29 is 9.53 Å². The molecule has 0 spiro atoms. The number of aryl methyl sites for hydroxylation is 2. The van der Waals surface area contributed by atoms with E-state index in [1.807, 2.05) is 24.3 Å². The van der Waals surface area contributed by atoms with E-state index in [1.54, 1.807) is 25.4 Å². The third-order valence-electron chi connectivity index (χ3n) is 4.35. The highest BCUT2D eigenvalue weighted by Crippen LogP contribution is 2.24. The molecule has 2 aromatic carbocycles. The predicted molar refractivity (Wildman–Crippen MR) is 109 cm³/mol. The van der Waals surface area contributed by atoms with Gasteiger partial charge in [-0.25, -0.2) is 4.98 Å². The first-order valence-corrected chi connectivity index (χ1v) is 8.87. The minimum absolute atomic E-state index is 0.215. The number of amides is 1. The summed E-state index contributed by atoms with van der Waals surface area (Å²) in [4.78, 5) is 16.8. The minimum Gasteiger partial charge on any atom is -0.497 e. The first-order chi connectivity index (χ1) is 13.1. The molecule has 27 heavy (non-hydrogen) atoms. The number of anilines is 3. The van der Waals surface area contributed by atoms with Crippen LogP contribution < -0.4 is 15.4 Å². The molecule has 0 aliphatic rings. The zero-order chi connectivity index (χ0) is 19.2. The SMILES string of the molecule is CCc1cccc(C)c1Nc1ccc(C(=O)Nc2cccc(OC)c2)cn1. The summed E-state index contributed by atoms with van der Waals surface area (Å²) in [5, 5.41) is 6.21. The van der Waals surface area contributed by atoms with Gasteiger partial charge in [0.25, 0.3) is 5.91 Å². The minimum atomic E-state index is -0.215. The summed E-state index contributed by atoms with van der Waals surface area (Å²) in [6.45, 7) is 4.19. The number of benzene rings is 2. The quantitative estimate of drug-likeness (QED) is 0.651. The number of pyridine rings is 1. The molecular formula is C22H23N3O2. The Bertz CT molecular complexity index is 937. The number of carbonyl (C=O) groups is 1. The molecule has 3 aromatic rings. The van der Waals surface area contributed by atoms with Gasteiger partial charge < -0.3 is 15.4 Å². The summed E-state index contributed by atoms with van der Waals surface area (Å²) >= 11 is 0. The van der Waals surface area contributed by atoms with Crippen molar-refractivity contribution in [1.29, 1.82) is 0 Å². The van der Waals surface area contributed by atoms with Crippen LogP contribution in [0.3, 0.4) is 0 Å². The van der Waals surface area contributed by atoms with Gasteiger partial charge in [-0.3, -0.25) is 4.79 Å². The summed E-state index contributed by atoms with van der Waals surface area (Å²) in [5.41, 5.74) is 4.63. The summed E-state index contributed by atoms with van der Waals surface area (Å²) in [5.74, 6) is 1.18. The number of carbonyl (C=O) groups excluding carboxylic acids is 1. The highest BCUT2D eigenvalue weighted by Gasteiger charge is 2.09. The zero-order valence-electron chi connectivity index (χ0n) is 15.7. The molecule has 0 fully saturated rings. The normalized spacial score (nSPS) is 10.3. The molecule has 1 heterocycles. The van der Waals surface area contributed by atoms with Crippen molar-refractivity contribution in [1.82, 2.24) is 4.98 Å². The van der Waals surface area contributed by atoms with Crippen LogP contribution in [0.2, 0.25) is 0 Å². The third kappa shape index (κ3) is 4.44. The molecule has 1 amide bonds. The van der Waals surface area contributed by atoms with Crippen molar-refractivity contribution in [2.45, 2.75) is 20.3 Å². The topological polar surface area (TPSA) is 63.2 Å². The van der Waals surface area contributed by atoms with Gasteiger partial charge in [-0.2, -0.15) is 0 Å². The van der Waals surface area contributed by atoms with Gasteiger partial charge in [0, 0.05) is 23.6 Å². The predicted octanol–water partition coefficient (Wildman–Crippen LogP) is 4.96. The fraction of sp³-hybridized carbons (Fsp3) is 0.182. The maximum atomic E-state index is 12.4. The summed E-state index contributed by atoms with van der Waals surface area (Å²) < 4.78 is 5.17. The number of rotatable bonds is 6. The van der Waals surface area contributed by atoms with Crippen molar-refractivity contribution in [2.24, 2.45) is 0 Å². The van der Waals surface area contributed by atoms with Gasteiger partial charge >= 0.3 is 0 Å². The van der Waals surface area contributed by atoms with Crippen LogP contribution in [0, 0.1) is 6.92 Å². The van der Waals surface area contributed by atoms with E-state index in [2.05, 4.69) is 47.7 Å². The van der Waals surface area contributed by atoms with E-state index in [0.717, 1.165) is 17.7 Å². The molecule has 0 aliphatic carbocycles. The summed E-state index contributed by atoms with van der Waals surface area (Å²) in [6, 6.07) is 17.0. The monoisotopic (exact) mass is 361 g/mol. The number of aromatic nitrogens is 1. The number of hydrogen-bond acceptors (Lipinski definition) is 4. The fourth-order valence-corrected chi connectivity index (χ4v) is 2.84. The van der Waals surface area contributed by atoms with Crippen LogP contribution in [0.5, 0.6) is 5.75 Å². The number of nitrogens with zero attached hydrogens (tertiary/aromatic N) is 1. The van der Waals surface area contributed by atoms with Crippen LogP contribution in [-0.2, 0) is 6.42 Å². The Balaban J connectivity index is 1.72. The lowest BCUT2D eigenvalue weighted by atomic mass is 10.1. The number of methoxy groups -OCH3 is 1. The van der Waals surface area contributed by atoms with E-state index in [4.69, 9.17) is 4.74 Å². The number of ether oxygens (including phenoxy) is 1. The Morgan fingerprint density at radius 1 is 1.11 bits per heavy atom. The molecule has 3 rings (SSSR count). The van der Waals surface area contributed by atoms with Gasteiger partial charge in [0.15, 0.2) is 0 Å². The smallest absolute Gasteiger partial charge is 0.257 e. The number of hydrogen-bond donors (Lipinski definition) is 2. The van der Waals surface area contributed by atoms with Crippen LogP contribution in [0.1, 0.15) is 28.4 Å². The van der Waals surface area contributed by atoms with Crippen LogP contribution in [0.15, 0.2) is 60.8 Å². The molecule has 0 aliphatic heterocycles. The highest BCUT2D eigenvalue weighted by molar-refractivity contribution is 6.04.